The molecular formula is C8H11N3O. The van der Waals surface area contributed by atoms with Gasteiger partial charge in [-0.3, -0.25) is 4.79 Å². The third-order valence-corrected chi connectivity index (χ3v) is 1.38. The Morgan fingerprint density at radius 2 is 2.42 bits per heavy atom. The molecule has 0 unspecified atom stereocenters. The number of aryl methyl sites for hydroxylation is 1. The molecule has 0 aliphatic heterocycles. The van der Waals surface area contributed by atoms with Gasteiger partial charge in [-0.1, -0.05) is 6.92 Å². The van der Waals surface area contributed by atoms with Gasteiger partial charge in [0.15, 0.2) is 5.82 Å². The van der Waals surface area contributed by atoms with Crippen molar-refractivity contribution in [3.05, 3.63) is 17.8 Å². The number of carbonyl (C=O) groups excluding carboxylic acids is 1. The molecule has 1 rings (SSSR count). The van der Waals surface area contributed by atoms with Crippen LogP contribution < -0.4 is 5.32 Å². The zero-order valence-electron chi connectivity index (χ0n) is 7.16. The summed E-state index contributed by atoms with van der Waals surface area (Å²) in [6, 6.07) is 1.78. The van der Waals surface area contributed by atoms with Gasteiger partial charge in [0.05, 0.1) is 6.20 Å². The second-order valence-corrected chi connectivity index (χ2v) is 2.52. The molecule has 4 nitrogen and oxygen atoms in total. The van der Waals surface area contributed by atoms with E-state index in [1.165, 1.54) is 0 Å². The fraction of sp³-hybridized carbons (Fsp3) is 0.375. The number of amides is 1. The van der Waals surface area contributed by atoms with Crippen LogP contribution in [-0.2, 0) is 4.79 Å². The zero-order valence-corrected chi connectivity index (χ0v) is 7.16. The van der Waals surface area contributed by atoms with Gasteiger partial charge < -0.3 is 5.32 Å². The van der Waals surface area contributed by atoms with Gasteiger partial charge in [-0.25, -0.2) is 0 Å². The van der Waals surface area contributed by atoms with Crippen molar-refractivity contribution >= 4 is 11.7 Å². The van der Waals surface area contributed by atoms with Gasteiger partial charge in [0.2, 0.25) is 5.91 Å². The highest BCUT2D eigenvalue weighted by Gasteiger charge is 1.99. The summed E-state index contributed by atoms with van der Waals surface area (Å²) in [4.78, 5) is 10.9. The molecule has 0 atom stereocenters. The van der Waals surface area contributed by atoms with Gasteiger partial charge in [-0.2, -0.15) is 5.10 Å². The van der Waals surface area contributed by atoms with Gasteiger partial charge in [0.25, 0.3) is 0 Å². The van der Waals surface area contributed by atoms with E-state index in [-0.39, 0.29) is 5.91 Å². The summed E-state index contributed by atoms with van der Waals surface area (Å²) in [5.74, 6) is 0.469. The predicted molar refractivity (Wildman–Crippen MR) is 45.7 cm³/mol. The van der Waals surface area contributed by atoms with E-state index in [9.17, 15) is 4.79 Å². The van der Waals surface area contributed by atoms with Crippen molar-refractivity contribution in [2.45, 2.75) is 20.3 Å². The summed E-state index contributed by atoms with van der Waals surface area (Å²) >= 11 is 0. The van der Waals surface area contributed by atoms with Crippen molar-refractivity contribution in [3.8, 4) is 0 Å². The van der Waals surface area contributed by atoms with E-state index in [0.717, 1.165) is 5.56 Å². The topological polar surface area (TPSA) is 54.9 Å². The summed E-state index contributed by atoms with van der Waals surface area (Å²) in [5, 5.41) is 10.1. The summed E-state index contributed by atoms with van der Waals surface area (Å²) < 4.78 is 0. The maximum Gasteiger partial charge on any atom is 0.225 e. The SMILES string of the molecule is CCC(=O)Nc1cc(C)cnn1. The third kappa shape index (κ3) is 2.30. The van der Waals surface area contributed by atoms with Crippen LogP contribution in [0.2, 0.25) is 0 Å². The Hall–Kier alpha value is -1.45. The Kier molecular flexibility index (Phi) is 2.74. The largest absolute Gasteiger partial charge is 0.309 e. The second kappa shape index (κ2) is 3.80. The summed E-state index contributed by atoms with van der Waals surface area (Å²) in [6.45, 7) is 3.69. The number of nitrogens with one attached hydrogen (secondary N) is 1. The molecule has 0 aliphatic carbocycles. The van der Waals surface area contributed by atoms with Gasteiger partial charge in [0.1, 0.15) is 0 Å². The van der Waals surface area contributed by atoms with Crippen molar-refractivity contribution in [1.82, 2.24) is 10.2 Å². The molecule has 64 valence electrons. The van der Waals surface area contributed by atoms with Crippen LogP contribution in [-0.4, -0.2) is 16.1 Å². The van der Waals surface area contributed by atoms with Crippen LogP contribution in [0.5, 0.6) is 0 Å². The standard InChI is InChI=1S/C8H11N3O/c1-3-8(12)10-7-4-6(2)5-9-11-7/h4-5H,3H2,1-2H3,(H,10,11,12). The quantitative estimate of drug-likeness (QED) is 0.714. The minimum Gasteiger partial charge on any atom is -0.309 e. The van der Waals surface area contributed by atoms with Crippen molar-refractivity contribution in [1.29, 1.82) is 0 Å². The lowest BCUT2D eigenvalue weighted by Crippen LogP contribution is -2.11. The Labute approximate surface area is 71.0 Å². The Bertz CT molecular complexity index is 285. The molecule has 0 aliphatic rings. The van der Waals surface area contributed by atoms with E-state index >= 15 is 0 Å². The van der Waals surface area contributed by atoms with Crippen molar-refractivity contribution in [3.63, 3.8) is 0 Å². The van der Waals surface area contributed by atoms with Gasteiger partial charge in [-0.15, -0.1) is 5.10 Å². The monoisotopic (exact) mass is 165 g/mol. The third-order valence-electron chi connectivity index (χ3n) is 1.38. The summed E-state index contributed by atoms with van der Waals surface area (Å²) in [7, 11) is 0. The molecule has 0 spiro atoms. The lowest BCUT2D eigenvalue weighted by atomic mass is 10.3. The molecule has 1 heterocycles. The minimum absolute atomic E-state index is 0.0464. The molecule has 0 saturated carbocycles. The molecule has 4 heteroatoms. The molecular weight excluding hydrogens is 154 g/mol. The molecule has 1 aromatic rings. The molecule has 0 radical (unpaired) electrons. The number of hydrogen-bond donors (Lipinski definition) is 1. The van der Waals surface area contributed by atoms with Crippen LogP contribution in [0, 0.1) is 6.92 Å². The fourth-order valence-corrected chi connectivity index (χ4v) is 0.756. The second-order valence-electron chi connectivity index (χ2n) is 2.52. The molecule has 1 N–H and O–H groups in total. The van der Waals surface area contributed by atoms with Crippen LogP contribution >= 0.6 is 0 Å². The van der Waals surface area contributed by atoms with Crippen molar-refractivity contribution in [2.75, 3.05) is 5.32 Å². The lowest BCUT2D eigenvalue weighted by Gasteiger charge is -2.00. The van der Waals surface area contributed by atoms with Crippen LogP contribution in [0.15, 0.2) is 12.3 Å². The summed E-state index contributed by atoms with van der Waals surface area (Å²) in [5.41, 5.74) is 0.983. The first-order valence-corrected chi connectivity index (χ1v) is 3.81. The Balaban J connectivity index is 2.69. The van der Waals surface area contributed by atoms with Crippen LogP contribution in [0.25, 0.3) is 0 Å². The minimum atomic E-state index is -0.0464. The highest BCUT2D eigenvalue weighted by molar-refractivity contribution is 5.89. The van der Waals surface area contributed by atoms with Crippen molar-refractivity contribution in [2.24, 2.45) is 0 Å². The smallest absolute Gasteiger partial charge is 0.225 e. The molecule has 0 saturated heterocycles. The Morgan fingerprint density at radius 1 is 1.67 bits per heavy atom. The van der Waals surface area contributed by atoms with Crippen LogP contribution in [0.4, 0.5) is 5.82 Å². The average Bonchev–Trinajstić information content (AvgIpc) is 2.04. The molecule has 0 aromatic carbocycles. The first-order chi connectivity index (χ1) is 5.72. The first kappa shape index (κ1) is 8.64. The first-order valence-electron chi connectivity index (χ1n) is 3.81. The van der Waals surface area contributed by atoms with Gasteiger partial charge in [0, 0.05) is 6.42 Å². The normalized spacial score (nSPS) is 9.50. The highest BCUT2D eigenvalue weighted by Crippen LogP contribution is 2.03. The maximum absolute atomic E-state index is 10.9. The fourth-order valence-electron chi connectivity index (χ4n) is 0.756. The van der Waals surface area contributed by atoms with E-state index in [0.29, 0.717) is 12.2 Å². The zero-order chi connectivity index (χ0) is 8.97. The van der Waals surface area contributed by atoms with E-state index in [1.54, 1.807) is 19.2 Å². The maximum atomic E-state index is 10.9. The molecule has 12 heavy (non-hydrogen) atoms. The lowest BCUT2D eigenvalue weighted by molar-refractivity contribution is -0.115. The molecule has 1 aromatic heterocycles. The van der Waals surface area contributed by atoms with E-state index in [1.807, 2.05) is 6.92 Å². The highest BCUT2D eigenvalue weighted by atomic mass is 16.1. The Morgan fingerprint density at radius 3 is 3.00 bits per heavy atom. The number of hydrogen-bond acceptors (Lipinski definition) is 3. The van der Waals surface area contributed by atoms with Crippen LogP contribution in [0.1, 0.15) is 18.9 Å². The molecule has 0 fully saturated rings. The number of rotatable bonds is 2. The van der Waals surface area contributed by atoms with Gasteiger partial charge in [-0.05, 0) is 18.6 Å². The van der Waals surface area contributed by atoms with E-state index in [2.05, 4.69) is 15.5 Å². The average molecular weight is 165 g/mol. The number of carbonyl (C=O) groups is 1. The number of nitrogens with zero attached hydrogens (tertiary/aromatic N) is 2. The van der Waals surface area contributed by atoms with Crippen molar-refractivity contribution < 1.29 is 4.79 Å². The van der Waals surface area contributed by atoms with Gasteiger partial charge >= 0.3 is 0 Å². The predicted octanol–water partition coefficient (Wildman–Crippen LogP) is 1.13. The van der Waals surface area contributed by atoms with Crippen LogP contribution in [0.3, 0.4) is 0 Å². The molecule has 1 amide bonds. The number of aromatic nitrogens is 2. The number of anilines is 1. The summed E-state index contributed by atoms with van der Waals surface area (Å²) in [6.07, 6.45) is 2.09. The molecule has 0 bridgehead atoms. The van der Waals surface area contributed by atoms with E-state index < -0.39 is 0 Å². The van der Waals surface area contributed by atoms with E-state index in [4.69, 9.17) is 0 Å².